The highest BCUT2D eigenvalue weighted by Gasteiger charge is 2.43. The quantitative estimate of drug-likeness (QED) is 0.775. The maximum absolute atomic E-state index is 12.1. The highest BCUT2D eigenvalue weighted by molar-refractivity contribution is 5.94. The van der Waals surface area contributed by atoms with Crippen molar-refractivity contribution in [3.05, 3.63) is 60.4 Å². The van der Waals surface area contributed by atoms with Crippen molar-refractivity contribution in [1.82, 2.24) is 10.3 Å². The van der Waals surface area contributed by atoms with Crippen molar-refractivity contribution >= 4 is 5.91 Å². The van der Waals surface area contributed by atoms with E-state index < -0.39 is 24.4 Å². The molecule has 1 aliphatic rings. The van der Waals surface area contributed by atoms with Crippen LogP contribution in [0.5, 0.6) is 5.75 Å². The fourth-order valence-corrected chi connectivity index (χ4v) is 2.67. The second-order valence-corrected chi connectivity index (χ2v) is 5.51. The number of aliphatic hydroxyl groups is 2. The molecule has 1 saturated carbocycles. The first-order valence-electron chi connectivity index (χ1n) is 7.44. The third-order valence-corrected chi connectivity index (χ3v) is 3.90. The molecule has 120 valence electrons. The molecule has 0 aliphatic heterocycles. The van der Waals surface area contributed by atoms with E-state index in [-0.39, 0.29) is 5.91 Å². The fourth-order valence-electron chi connectivity index (χ4n) is 2.67. The molecule has 1 aromatic carbocycles. The van der Waals surface area contributed by atoms with Crippen LogP contribution in [0.4, 0.5) is 0 Å². The average Bonchev–Trinajstić information content (AvgIpc) is 2.84. The number of amides is 1. The molecular weight excluding hydrogens is 296 g/mol. The lowest BCUT2D eigenvalue weighted by atomic mass is 10.2. The first-order valence-corrected chi connectivity index (χ1v) is 7.44. The Hall–Kier alpha value is -2.44. The summed E-state index contributed by atoms with van der Waals surface area (Å²) in [6.45, 7) is 0. The number of nitrogens with one attached hydrogen (secondary N) is 1. The van der Waals surface area contributed by atoms with Gasteiger partial charge in [0.2, 0.25) is 0 Å². The predicted molar refractivity (Wildman–Crippen MR) is 83.0 cm³/mol. The molecule has 0 saturated heterocycles. The van der Waals surface area contributed by atoms with Gasteiger partial charge in [0.05, 0.1) is 11.6 Å². The van der Waals surface area contributed by atoms with Crippen LogP contribution in [0.15, 0.2) is 54.9 Å². The van der Waals surface area contributed by atoms with Gasteiger partial charge in [-0.25, -0.2) is 0 Å². The number of rotatable bonds is 4. The van der Waals surface area contributed by atoms with Gasteiger partial charge in [-0.15, -0.1) is 0 Å². The molecule has 6 heteroatoms. The Morgan fingerprint density at radius 3 is 2.61 bits per heavy atom. The van der Waals surface area contributed by atoms with Crippen molar-refractivity contribution in [1.29, 1.82) is 0 Å². The van der Waals surface area contributed by atoms with Crippen LogP contribution in [0.1, 0.15) is 16.8 Å². The van der Waals surface area contributed by atoms with Crippen molar-refractivity contribution in [3.8, 4) is 5.75 Å². The molecule has 0 spiro atoms. The van der Waals surface area contributed by atoms with Crippen LogP contribution in [-0.4, -0.2) is 45.5 Å². The van der Waals surface area contributed by atoms with Gasteiger partial charge in [-0.2, -0.15) is 0 Å². The van der Waals surface area contributed by atoms with E-state index in [2.05, 4.69) is 10.3 Å². The number of carbonyl (C=O) groups excluding carboxylic acids is 1. The Morgan fingerprint density at radius 2 is 1.91 bits per heavy atom. The van der Waals surface area contributed by atoms with E-state index in [4.69, 9.17) is 4.74 Å². The summed E-state index contributed by atoms with van der Waals surface area (Å²) >= 11 is 0. The van der Waals surface area contributed by atoms with Gasteiger partial charge in [-0.3, -0.25) is 9.78 Å². The molecule has 1 fully saturated rings. The molecule has 0 radical (unpaired) electrons. The molecule has 1 aromatic heterocycles. The molecule has 1 amide bonds. The molecule has 6 nitrogen and oxygen atoms in total. The van der Waals surface area contributed by atoms with Crippen molar-refractivity contribution in [2.75, 3.05) is 0 Å². The lowest BCUT2D eigenvalue weighted by Crippen LogP contribution is -2.43. The third kappa shape index (κ3) is 3.49. The van der Waals surface area contributed by atoms with Crippen molar-refractivity contribution < 1.29 is 19.7 Å². The lowest BCUT2D eigenvalue weighted by molar-refractivity contribution is -0.0135. The van der Waals surface area contributed by atoms with Crippen LogP contribution in [0.3, 0.4) is 0 Å². The first kappa shape index (κ1) is 15.5. The number of nitrogens with zero attached hydrogens (tertiary/aromatic N) is 1. The molecule has 23 heavy (non-hydrogen) atoms. The number of aromatic nitrogens is 1. The minimum absolute atomic E-state index is 0.323. The van der Waals surface area contributed by atoms with E-state index in [9.17, 15) is 15.0 Å². The number of para-hydroxylation sites is 1. The van der Waals surface area contributed by atoms with E-state index in [0.29, 0.717) is 17.7 Å². The van der Waals surface area contributed by atoms with E-state index >= 15 is 0 Å². The van der Waals surface area contributed by atoms with E-state index in [1.54, 1.807) is 30.5 Å². The van der Waals surface area contributed by atoms with E-state index in [0.717, 1.165) is 0 Å². The molecule has 0 unspecified atom stereocenters. The van der Waals surface area contributed by atoms with Crippen LogP contribution in [0.2, 0.25) is 0 Å². The van der Waals surface area contributed by atoms with E-state index in [1.165, 1.54) is 6.20 Å². The van der Waals surface area contributed by atoms with Gasteiger partial charge in [0.15, 0.2) is 0 Å². The molecule has 3 rings (SSSR count). The number of hydrogen-bond donors (Lipinski definition) is 3. The Morgan fingerprint density at radius 1 is 1.13 bits per heavy atom. The number of aliphatic hydroxyl groups excluding tert-OH is 2. The van der Waals surface area contributed by atoms with Crippen LogP contribution in [0, 0.1) is 0 Å². The summed E-state index contributed by atoms with van der Waals surface area (Å²) in [7, 11) is 0. The van der Waals surface area contributed by atoms with Crippen LogP contribution < -0.4 is 10.1 Å². The Balaban J connectivity index is 1.64. The largest absolute Gasteiger partial charge is 0.488 e. The summed E-state index contributed by atoms with van der Waals surface area (Å²) in [5.74, 6) is 0.276. The maximum atomic E-state index is 12.1. The number of carbonyl (C=O) groups is 1. The van der Waals surface area contributed by atoms with Gasteiger partial charge < -0.3 is 20.3 Å². The molecule has 1 heterocycles. The van der Waals surface area contributed by atoms with Gasteiger partial charge in [-0.1, -0.05) is 18.2 Å². The summed E-state index contributed by atoms with van der Waals surface area (Å²) in [5.41, 5.74) is 0.404. The van der Waals surface area contributed by atoms with Crippen LogP contribution in [-0.2, 0) is 0 Å². The average molecular weight is 314 g/mol. The minimum atomic E-state index is -1.08. The van der Waals surface area contributed by atoms with Gasteiger partial charge >= 0.3 is 0 Å². The zero-order valence-electron chi connectivity index (χ0n) is 12.4. The highest BCUT2D eigenvalue weighted by Crippen LogP contribution is 2.26. The number of pyridine rings is 1. The summed E-state index contributed by atoms with van der Waals surface area (Å²) in [6, 6.07) is 11.8. The highest BCUT2D eigenvalue weighted by atomic mass is 16.5. The number of benzene rings is 1. The minimum Gasteiger partial charge on any atom is -0.488 e. The first-order chi connectivity index (χ1) is 11.1. The van der Waals surface area contributed by atoms with Crippen molar-refractivity contribution in [3.63, 3.8) is 0 Å². The molecule has 0 bridgehead atoms. The zero-order chi connectivity index (χ0) is 16.2. The Bertz CT molecular complexity index is 650. The summed E-state index contributed by atoms with van der Waals surface area (Å²) in [5, 5.41) is 23.0. The monoisotopic (exact) mass is 314 g/mol. The topological polar surface area (TPSA) is 91.7 Å². The number of ether oxygens (including phenoxy) is 1. The summed E-state index contributed by atoms with van der Waals surface area (Å²) < 4.78 is 5.70. The van der Waals surface area contributed by atoms with E-state index in [1.807, 2.05) is 18.2 Å². The summed E-state index contributed by atoms with van der Waals surface area (Å²) in [4.78, 5) is 16.0. The van der Waals surface area contributed by atoms with Crippen LogP contribution >= 0.6 is 0 Å². The molecule has 3 N–H and O–H groups in total. The maximum Gasteiger partial charge on any atom is 0.253 e. The van der Waals surface area contributed by atoms with Gasteiger partial charge in [0.1, 0.15) is 24.1 Å². The predicted octanol–water partition coefficient (Wildman–Crippen LogP) is 0.753. The van der Waals surface area contributed by atoms with Gasteiger partial charge in [0.25, 0.3) is 5.91 Å². The zero-order valence-corrected chi connectivity index (χ0v) is 12.4. The Labute approximate surface area is 133 Å². The number of hydrogen-bond acceptors (Lipinski definition) is 5. The van der Waals surface area contributed by atoms with Crippen LogP contribution in [0.25, 0.3) is 0 Å². The van der Waals surface area contributed by atoms with Crippen molar-refractivity contribution in [2.45, 2.75) is 30.8 Å². The molecule has 1 aliphatic carbocycles. The molecular formula is C17H18N2O4. The fraction of sp³-hybridized carbons (Fsp3) is 0.294. The second kappa shape index (κ2) is 6.76. The SMILES string of the molecule is O=C(N[C@@H]1C[C@@H](Oc2ccccc2)[C@H](O)[C@H]1O)c1cccnc1. The third-order valence-electron chi connectivity index (χ3n) is 3.90. The summed E-state index contributed by atoms with van der Waals surface area (Å²) in [6.07, 6.45) is 0.633. The van der Waals surface area contributed by atoms with Gasteiger partial charge in [0, 0.05) is 18.8 Å². The normalized spacial score (nSPS) is 26.7. The molecule has 2 aromatic rings. The van der Waals surface area contributed by atoms with Crippen molar-refractivity contribution in [2.24, 2.45) is 0 Å². The Kier molecular flexibility index (Phi) is 4.55. The lowest BCUT2D eigenvalue weighted by Gasteiger charge is -2.18. The van der Waals surface area contributed by atoms with Gasteiger partial charge in [-0.05, 0) is 24.3 Å². The smallest absolute Gasteiger partial charge is 0.253 e. The molecule has 4 atom stereocenters. The second-order valence-electron chi connectivity index (χ2n) is 5.51. The standard InChI is InChI=1S/C17H18N2O4/c20-15-13(19-17(22)11-5-4-8-18-10-11)9-14(16(15)21)23-12-6-2-1-3-7-12/h1-8,10,13-16,20-21H,9H2,(H,19,22)/t13-,14-,15+,16+/m1/s1.